The van der Waals surface area contributed by atoms with Gasteiger partial charge in [-0.25, -0.2) is 4.79 Å². The summed E-state index contributed by atoms with van der Waals surface area (Å²) in [4.78, 5) is 10.7. The van der Waals surface area contributed by atoms with Crippen molar-refractivity contribution in [3.05, 3.63) is 11.4 Å². The molecule has 1 aromatic rings. The van der Waals surface area contributed by atoms with Crippen LogP contribution in [0.5, 0.6) is 0 Å². The topological polar surface area (TPSA) is 105 Å². The lowest BCUT2D eigenvalue weighted by molar-refractivity contribution is 0.0688. The number of carboxylic acid groups (broad SMARTS) is 1. The third kappa shape index (κ3) is 2.29. The van der Waals surface area contributed by atoms with E-state index in [1.54, 1.807) is 0 Å². The van der Waals surface area contributed by atoms with Crippen molar-refractivity contribution in [2.24, 2.45) is 5.73 Å². The van der Waals surface area contributed by atoms with Crippen LogP contribution in [0.15, 0.2) is 0 Å². The summed E-state index contributed by atoms with van der Waals surface area (Å²) < 4.78 is 0. The zero-order valence-corrected chi connectivity index (χ0v) is 8.03. The number of unbranched alkanes of at least 4 members (excludes halogenated alkanes) is 1. The van der Waals surface area contributed by atoms with Crippen LogP contribution in [0.3, 0.4) is 0 Å². The summed E-state index contributed by atoms with van der Waals surface area (Å²) in [5, 5.41) is 18.3. The van der Waals surface area contributed by atoms with Gasteiger partial charge in [0.1, 0.15) is 5.69 Å². The molecule has 14 heavy (non-hydrogen) atoms. The van der Waals surface area contributed by atoms with Crippen molar-refractivity contribution in [3.8, 4) is 0 Å². The Balaban J connectivity index is 2.73. The first-order chi connectivity index (χ1) is 6.66. The number of carbonyl (C=O) groups is 1. The zero-order chi connectivity index (χ0) is 10.6. The van der Waals surface area contributed by atoms with Gasteiger partial charge in [-0.3, -0.25) is 0 Å². The number of nitrogens with two attached hydrogens (primary N) is 1. The van der Waals surface area contributed by atoms with E-state index >= 15 is 0 Å². The first-order valence-corrected chi connectivity index (χ1v) is 4.56. The molecule has 0 fully saturated rings. The lowest BCUT2D eigenvalue weighted by Crippen LogP contribution is -2.15. The standard InChI is InChI=1S/C8H14N4O2/c1-2-3-4-5(9)6-7(8(13)14)11-12-10-6/h5H,2-4,9H2,1H3,(H,13,14)(H,10,11,12). The molecule has 1 aromatic heterocycles. The molecule has 0 aromatic carbocycles. The van der Waals surface area contributed by atoms with Crippen molar-refractivity contribution in [1.29, 1.82) is 0 Å². The predicted octanol–water partition coefficient (Wildman–Crippen LogP) is 0.693. The molecule has 0 aliphatic carbocycles. The fraction of sp³-hybridized carbons (Fsp3) is 0.625. The third-order valence-electron chi connectivity index (χ3n) is 2.00. The van der Waals surface area contributed by atoms with Crippen molar-refractivity contribution < 1.29 is 9.90 Å². The molecule has 1 unspecified atom stereocenters. The minimum Gasteiger partial charge on any atom is -0.476 e. The number of carboxylic acids is 1. The van der Waals surface area contributed by atoms with Crippen LogP contribution in [0.2, 0.25) is 0 Å². The maximum atomic E-state index is 10.7. The Kier molecular flexibility index (Phi) is 3.58. The Bertz CT molecular complexity index is 310. The van der Waals surface area contributed by atoms with Crippen LogP contribution < -0.4 is 5.73 Å². The number of aromatic amines is 1. The van der Waals surface area contributed by atoms with Crippen molar-refractivity contribution in [2.45, 2.75) is 32.2 Å². The second-order valence-electron chi connectivity index (χ2n) is 3.11. The number of aromatic nitrogens is 3. The van der Waals surface area contributed by atoms with Gasteiger partial charge in [0.05, 0.1) is 6.04 Å². The van der Waals surface area contributed by atoms with Crippen molar-refractivity contribution >= 4 is 5.97 Å². The average molecular weight is 198 g/mol. The average Bonchev–Trinajstić information content (AvgIpc) is 2.62. The summed E-state index contributed by atoms with van der Waals surface area (Å²) in [7, 11) is 0. The maximum Gasteiger partial charge on any atom is 0.358 e. The highest BCUT2D eigenvalue weighted by atomic mass is 16.4. The highest BCUT2D eigenvalue weighted by molar-refractivity contribution is 5.86. The molecule has 4 N–H and O–H groups in total. The molecule has 1 atom stereocenters. The Labute approximate surface area is 81.5 Å². The minimum absolute atomic E-state index is 0.0754. The van der Waals surface area contributed by atoms with Gasteiger partial charge in [-0.15, -0.1) is 5.10 Å². The molecule has 0 aliphatic heterocycles. The van der Waals surface area contributed by atoms with E-state index < -0.39 is 5.97 Å². The van der Waals surface area contributed by atoms with Crippen LogP contribution in [-0.2, 0) is 0 Å². The van der Waals surface area contributed by atoms with E-state index in [-0.39, 0.29) is 11.7 Å². The summed E-state index contributed by atoms with van der Waals surface area (Å²) in [6.45, 7) is 2.05. The summed E-state index contributed by atoms with van der Waals surface area (Å²) in [6, 6.07) is -0.347. The van der Waals surface area contributed by atoms with E-state index in [1.807, 2.05) is 6.92 Å². The van der Waals surface area contributed by atoms with Crippen LogP contribution in [-0.4, -0.2) is 26.5 Å². The zero-order valence-electron chi connectivity index (χ0n) is 8.03. The lowest BCUT2D eigenvalue weighted by atomic mass is 10.1. The van der Waals surface area contributed by atoms with E-state index in [4.69, 9.17) is 10.8 Å². The van der Waals surface area contributed by atoms with Crippen LogP contribution >= 0.6 is 0 Å². The quantitative estimate of drug-likeness (QED) is 0.645. The SMILES string of the molecule is CCCCC(N)c1n[nH]nc1C(=O)O. The van der Waals surface area contributed by atoms with Crippen LogP contribution in [0.1, 0.15) is 48.4 Å². The van der Waals surface area contributed by atoms with E-state index in [2.05, 4.69) is 15.4 Å². The van der Waals surface area contributed by atoms with Gasteiger partial charge in [0.25, 0.3) is 0 Å². The Morgan fingerprint density at radius 1 is 1.64 bits per heavy atom. The Morgan fingerprint density at radius 3 is 2.93 bits per heavy atom. The third-order valence-corrected chi connectivity index (χ3v) is 2.00. The molecule has 78 valence electrons. The van der Waals surface area contributed by atoms with Gasteiger partial charge in [-0.1, -0.05) is 19.8 Å². The molecule has 6 heteroatoms. The Hall–Kier alpha value is -1.43. The van der Waals surface area contributed by atoms with E-state index in [1.165, 1.54) is 0 Å². The second kappa shape index (κ2) is 4.71. The largest absolute Gasteiger partial charge is 0.476 e. The number of rotatable bonds is 5. The van der Waals surface area contributed by atoms with Gasteiger partial charge in [0.2, 0.25) is 0 Å². The van der Waals surface area contributed by atoms with Gasteiger partial charge in [0.15, 0.2) is 5.69 Å². The predicted molar refractivity (Wildman–Crippen MR) is 49.8 cm³/mol. The van der Waals surface area contributed by atoms with Crippen LogP contribution in [0.25, 0.3) is 0 Å². The number of nitrogens with one attached hydrogen (secondary N) is 1. The van der Waals surface area contributed by atoms with Crippen LogP contribution in [0, 0.1) is 0 Å². The fourth-order valence-electron chi connectivity index (χ4n) is 1.22. The second-order valence-corrected chi connectivity index (χ2v) is 3.11. The first-order valence-electron chi connectivity index (χ1n) is 4.56. The molecule has 0 saturated carbocycles. The summed E-state index contributed by atoms with van der Waals surface area (Å²) in [5.41, 5.74) is 6.04. The van der Waals surface area contributed by atoms with Crippen molar-refractivity contribution in [3.63, 3.8) is 0 Å². The summed E-state index contributed by atoms with van der Waals surface area (Å²) in [6.07, 6.45) is 2.70. The Morgan fingerprint density at radius 2 is 2.36 bits per heavy atom. The molecule has 0 aliphatic rings. The molecule has 0 saturated heterocycles. The summed E-state index contributed by atoms with van der Waals surface area (Å²) in [5.74, 6) is -1.10. The molecule has 0 bridgehead atoms. The molecule has 0 amide bonds. The van der Waals surface area contributed by atoms with Gasteiger partial charge >= 0.3 is 5.97 Å². The monoisotopic (exact) mass is 198 g/mol. The van der Waals surface area contributed by atoms with E-state index in [0.717, 1.165) is 19.3 Å². The number of hydrogen-bond acceptors (Lipinski definition) is 4. The van der Waals surface area contributed by atoms with Crippen LogP contribution in [0.4, 0.5) is 0 Å². The number of aromatic carboxylic acids is 1. The van der Waals surface area contributed by atoms with Crippen molar-refractivity contribution in [2.75, 3.05) is 0 Å². The number of H-pyrrole nitrogens is 1. The summed E-state index contributed by atoms with van der Waals surface area (Å²) >= 11 is 0. The van der Waals surface area contributed by atoms with E-state index in [0.29, 0.717) is 5.69 Å². The minimum atomic E-state index is -1.10. The van der Waals surface area contributed by atoms with Gasteiger partial charge < -0.3 is 10.8 Å². The van der Waals surface area contributed by atoms with E-state index in [9.17, 15) is 4.79 Å². The molecule has 0 radical (unpaired) electrons. The molecule has 1 rings (SSSR count). The highest BCUT2D eigenvalue weighted by Crippen LogP contribution is 2.16. The van der Waals surface area contributed by atoms with Crippen molar-refractivity contribution in [1.82, 2.24) is 15.4 Å². The fourth-order valence-corrected chi connectivity index (χ4v) is 1.22. The normalized spacial score (nSPS) is 12.7. The number of hydrogen-bond donors (Lipinski definition) is 3. The molecule has 0 spiro atoms. The number of nitrogens with zero attached hydrogens (tertiary/aromatic N) is 2. The van der Waals surface area contributed by atoms with Gasteiger partial charge in [-0.2, -0.15) is 10.3 Å². The maximum absolute atomic E-state index is 10.7. The van der Waals surface area contributed by atoms with Gasteiger partial charge in [0, 0.05) is 0 Å². The smallest absolute Gasteiger partial charge is 0.358 e. The van der Waals surface area contributed by atoms with Gasteiger partial charge in [-0.05, 0) is 6.42 Å². The lowest BCUT2D eigenvalue weighted by Gasteiger charge is -2.07. The molecular weight excluding hydrogens is 184 g/mol. The molecule has 6 nitrogen and oxygen atoms in total. The first kappa shape index (κ1) is 10.6. The molecule has 1 heterocycles. The highest BCUT2D eigenvalue weighted by Gasteiger charge is 2.20. The molecular formula is C8H14N4O2.